The first-order chi connectivity index (χ1) is 14.7. The molecule has 2 aliphatic heterocycles. The average molecular weight is 433 g/mol. The Hall–Kier alpha value is -0.160. The van der Waals surface area contributed by atoms with Crippen LogP contribution in [0.3, 0.4) is 0 Å². The monoisotopic (exact) mass is 432 g/mol. The first-order valence-electron chi connectivity index (χ1n) is 13.4. The molecule has 176 valence electrons. The highest BCUT2D eigenvalue weighted by Crippen LogP contribution is 2.71. The lowest BCUT2D eigenvalue weighted by Gasteiger charge is -2.61. The van der Waals surface area contributed by atoms with E-state index in [-0.39, 0.29) is 11.2 Å². The summed E-state index contributed by atoms with van der Waals surface area (Å²) in [5.74, 6) is 4.21. The van der Waals surface area contributed by atoms with E-state index in [0.717, 1.165) is 37.7 Å². The van der Waals surface area contributed by atoms with Gasteiger partial charge in [-0.25, -0.2) is 0 Å². The molecule has 0 aromatic carbocycles. The second kappa shape index (κ2) is 6.93. The lowest BCUT2D eigenvalue weighted by molar-refractivity contribution is -0.273. The first-order valence-corrected chi connectivity index (χ1v) is 13.4. The summed E-state index contributed by atoms with van der Waals surface area (Å²) in [6.45, 7) is 10.6. The zero-order valence-electron chi connectivity index (χ0n) is 20.1. The van der Waals surface area contributed by atoms with E-state index in [9.17, 15) is 10.2 Å². The Bertz CT molecular complexity index is 716. The minimum atomic E-state index is -0.537. The van der Waals surface area contributed by atoms with Crippen LogP contribution in [-0.2, 0) is 9.47 Å². The van der Waals surface area contributed by atoms with Crippen LogP contribution >= 0.6 is 0 Å². The van der Waals surface area contributed by atoms with Crippen LogP contribution in [0, 0.1) is 52.3 Å². The van der Waals surface area contributed by atoms with Gasteiger partial charge in [-0.1, -0.05) is 27.7 Å². The van der Waals surface area contributed by atoms with Crippen LogP contribution < -0.4 is 0 Å². The van der Waals surface area contributed by atoms with E-state index >= 15 is 0 Å². The summed E-state index contributed by atoms with van der Waals surface area (Å²) in [6.07, 6.45) is 9.51. The van der Waals surface area contributed by atoms with Gasteiger partial charge in [-0.05, 0) is 97.7 Å². The number of hydrogen-bond acceptors (Lipinski definition) is 4. The topological polar surface area (TPSA) is 58.9 Å². The third-order valence-corrected chi connectivity index (χ3v) is 12.0. The number of fused-ring (bicyclic) bond motifs is 7. The zero-order chi connectivity index (χ0) is 21.8. The summed E-state index contributed by atoms with van der Waals surface area (Å²) < 4.78 is 13.3. The molecule has 0 aromatic rings. The van der Waals surface area contributed by atoms with Crippen molar-refractivity contribution in [1.29, 1.82) is 0 Å². The van der Waals surface area contributed by atoms with Gasteiger partial charge in [0.25, 0.3) is 0 Å². The normalized spacial score (nSPS) is 63.3. The van der Waals surface area contributed by atoms with Crippen LogP contribution in [0.15, 0.2) is 0 Å². The molecule has 2 saturated heterocycles. The molecule has 13 atom stereocenters. The van der Waals surface area contributed by atoms with Crippen LogP contribution in [-0.4, -0.2) is 40.9 Å². The van der Waals surface area contributed by atoms with Crippen LogP contribution in [0.4, 0.5) is 0 Å². The molecule has 4 aliphatic carbocycles. The predicted octanol–water partition coefficient (Wildman–Crippen LogP) is 4.76. The molecular formula is C27H44O4. The van der Waals surface area contributed by atoms with E-state index in [0.29, 0.717) is 41.1 Å². The number of ether oxygens (including phenoxy) is 2. The van der Waals surface area contributed by atoms with Gasteiger partial charge >= 0.3 is 0 Å². The maximum atomic E-state index is 10.6. The molecule has 0 bridgehead atoms. The minimum absolute atomic E-state index is 0.191. The van der Waals surface area contributed by atoms with Gasteiger partial charge in [0.15, 0.2) is 5.79 Å². The maximum Gasteiger partial charge on any atom is 0.171 e. The Morgan fingerprint density at radius 1 is 0.839 bits per heavy atom. The molecule has 4 nitrogen and oxygen atoms in total. The highest BCUT2D eigenvalue weighted by Gasteiger charge is 2.69. The predicted molar refractivity (Wildman–Crippen MR) is 119 cm³/mol. The van der Waals surface area contributed by atoms with E-state index in [1.807, 2.05) is 0 Å². The number of aliphatic hydroxyl groups is 2. The molecule has 31 heavy (non-hydrogen) atoms. The second-order valence-corrected chi connectivity index (χ2v) is 13.2. The summed E-state index contributed by atoms with van der Waals surface area (Å²) in [4.78, 5) is 0. The Kier molecular flexibility index (Phi) is 4.78. The Balaban J connectivity index is 1.26. The fraction of sp³-hybridized carbons (Fsp3) is 1.00. The van der Waals surface area contributed by atoms with Crippen molar-refractivity contribution in [3.8, 4) is 0 Å². The molecule has 2 heterocycles. The first kappa shape index (κ1) is 21.4. The molecule has 4 heteroatoms. The molecular weight excluding hydrogens is 388 g/mol. The van der Waals surface area contributed by atoms with Gasteiger partial charge in [-0.3, -0.25) is 0 Å². The van der Waals surface area contributed by atoms with Crippen molar-refractivity contribution >= 4 is 0 Å². The Morgan fingerprint density at radius 2 is 1.65 bits per heavy atom. The van der Waals surface area contributed by atoms with Gasteiger partial charge in [0.2, 0.25) is 0 Å². The highest BCUT2D eigenvalue weighted by atomic mass is 16.7. The molecule has 0 aromatic heterocycles. The zero-order valence-corrected chi connectivity index (χ0v) is 20.1. The van der Waals surface area contributed by atoms with Crippen LogP contribution in [0.2, 0.25) is 0 Å². The molecule has 6 fully saturated rings. The van der Waals surface area contributed by atoms with Gasteiger partial charge in [0.1, 0.15) is 0 Å². The highest BCUT2D eigenvalue weighted by molar-refractivity contribution is 5.15. The third kappa shape index (κ3) is 2.80. The second-order valence-electron chi connectivity index (χ2n) is 13.2. The fourth-order valence-electron chi connectivity index (χ4n) is 10.3. The summed E-state index contributed by atoms with van der Waals surface area (Å²) >= 11 is 0. The summed E-state index contributed by atoms with van der Waals surface area (Å²) in [5.41, 5.74) is 0.550. The Labute approximate surface area is 188 Å². The van der Waals surface area contributed by atoms with Gasteiger partial charge in [-0.15, -0.1) is 0 Å². The number of rotatable bonds is 0. The maximum absolute atomic E-state index is 10.6. The smallest absolute Gasteiger partial charge is 0.171 e. The summed E-state index contributed by atoms with van der Waals surface area (Å²) in [6, 6.07) is 0. The van der Waals surface area contributed by atoms with Crippen molar-refractivity contribution in [3.63, 3.8) is 0 Å². The van der Waals surface area contributed by atoms with Crippen molar-refractivity contribution in [3.05, 3.63) is 0 Å². The molecule has 4 saturated carbocycles. The standard InChI is InChI=1S/C27H44O4/c1-15-7-10-27(30-14-15)16(2)24-23(31-27)12-20-18-6-5-17-11-21(28)22(29)13-26(17,4)19(18)8-9-25(20,24)3/h15-24,28-29H,5-14H2,1-4H3/t15-,16-,17+,18-,19-,20-,21-,22+,23-,24-,25-,26-,27+/m0/s1. The third-order valence-electron chi connectivity index (χ3n) is 12.0. The molecule has 2 N–H and O–H groups in total. The van der Waals surface area contributed by atoms with E-state index < -0.39 is 12.2 Å². The lowest BCUT2D eigenvalue weighted by atomic mass is 9.44. The van der Waals surface area contributed by atoms with Gasteiger partial charge in [0, 0.05) is 12.3 Å². The van der Waals surface area contributed by atoms with Crippen molar-refractivity contribution in [2.75, 3.05) is 6.61 Å². The summed E-state index contributed by atoms with van der Waals surface area (Å²) in [7, 11) is 0. The molecule has 6 aliphatic rings. The van der Waals surface area contributed by atoms with Gasteiger partial charge in [-0.2, -0.15) is 0 Å². The lowest BCUT2D eigenvalue weighted by Crippen LogP contribution is -2.57. The van der Waals surface area contributed by atoms with E-state index in [1.54, 1.807) is 0 Å². The molecule has 6 rings (SSSR count). The van der Waals surface area contributed by atoms with E-state index in [4.69, 9.17) is 9.47 Å². The molecule has 0 amide bonds. The average Bonchev–Trinajstić information content (AvgIpc) is 3.16. The van der Waals surface area contributed by atoms with E-state index in [2.05, 4.69) is 27.7 Å². The van der Waals surface area contributed by atoms with Crippen molar-refractivity contribution in [1.82, 2.24) is 0 Å². The Morgan fingerprint density at radius 3 is 2.39 bits per heavy atom. The summed E-state index contributed by atoms with van der Waals surface area (Å²) in [5, 5.41) is 20.9. The van der Waals surface area contributed by atoms with Crippen molar-refractivity contribution in [2.24, 2.45) is 52.3 Å². The SMILES string of the molecule is C[C@H]1CC[C@@]2(OC1)O[C@H]1C[C@H]3[C@H]4CC[C@@H]5C[C@H](O)[C@H](O)C[C@]5(C)[C@H]4CC[C@]3(C)[C@H]1[C@@H]2C. The number of aliphatic hydroxyl groups excluding tert-OH is 2. The molecule has 0 unspecified atom stereocenters. The van der Waals surface area contributed by atoms with Crippen LogP contribution in [0.1, 0.15) is 85.5 Å². The van der Waals surface area contributed by atoms with Gasteiger partial charge < -0.3 is 19.7 Å². The van der Waals surface area contributed by atoms with Gasteiger partial charge in [0.05, 0.1) is 24.9 Å². The van der Waals surface area contributed by atoms with Crippen molar-refractivity contribution < 1.29 is 19.7 Å². The molecule has 1 spiro atoms. The van der Waals surface area contributed by atoms with Crippen LogP contribution in [0.5, 0.6) is 0 Å². The largest absolute Gasteiger partial charge is 0.390 e. The van der Waals surface area contributed by atoms with Crippen molar-refractivity contribution in [2.45, 2.75) is 110 Å². The van der Waals surface area contributed by atoms with E-state index in [1.165, 1.54) is 38.5 Å². The van der Waals surface area contributed by atoms with Crippen LogP contribution in [0.25, 0.3) is 0 Å². The quantitative estimate of drug-likeness (QED) is 0.579. The fourth-order valence-corrected chi connectivity index (χ4v) is 10.3. The molecule has 0 radical (unpaired) electrons. The number of hydrogen-bond donors (Lipinski definition) is 2. The minimum Gasteiger partial charge on any atom is -0.390 e.